The molecule has 19 heavy (non-hydrogen) atoms. The second-order valence-corrected chi connectivity index (χ2v) is 5.58. The Morgan fingerprint density at radius 2 is 2.05 bits per heavy atom. The molecule has 1 rings (SSSR count). The Bertz CT molecular complexity index is 452. The minimum atomic E-state index is -0.330. The highest BCUT2D eigenvalue weighted by Crippen LogP contribution is 2.28. The van der Waals surface area contributed by atoms with E-state index in [0.29, 0.717) is 6.54 Å². The second-order valence-electron chi connectivity index (χ2n) is 5.58. The largest absolute Gasteiger partial charge is 0.496 e. The fourth-order valence-electron chi connectivity index (χ4n) is 1.81. The van der Waals surface area contributed by atoms with Crippen LogP contribution in [0.4, 0.5) is 4.79 Å². The van der Waals surface area contributed by atoms with Gasteiger partial charge in [0.1, 0.15) is 5.75 Å². The molecule has 3 N–H and O–H groups in total. The standard InChI is InChI=1S/C14H23N3O2/c1-14(2,3)11-6-7-12(19-5)10(8-11)9-17(4)13(18)16-15/h6-8H,9,15H2,1-5H3,(H,16,18). The number of urea groups is 1. The number of carbonyl (C=O) groups excluding carboxylic acids is 1. The molecule has 0 heterocycles. The maximum Gasteiger partial charge on any atom is 0.331 e. The molecule has 0 bridgehead atoms. The van der Waals surface area contributed by atoms with Gasteiger partial charge in [-0.2, -0.15) is 0 Å². The number of rotatable bonds is 3. The lowest BCUT2D eigenvalue weighted by Crippen LogP contribution is -2.40. The highest BCUT2D eigenvalue weighted by molar-refractivity contribution is 5.73. The molecule has 5 nitrogen and oxygen atoms in total. The second kappa shape index (κ2) is 5.93. The molecule has 1 aromatic carbocycles. The SMILES string of the molecule is COc1ccc(C(C)(C)C)cc1CN(C)C(=O)NN. The molecule has 1 aromatic rings. The van der Waals surface area contributed by atoms with E-state index in [0.717, 1.165) is 11.3 Å². The number of amides is 2. The van der Waals surface area contributed by atoms with Gasteiger partial charge in [-0.15, -0.1) is 0 Å². The number of hydrazine groups is 1. The Balaban J connectivity index is 3.06. The molecule has 0 aromatic heterocycles. The molecule has 0 aliphatic carbocycles. The number of hydrogen-bond acceptors (Lipinski definition) is 3. The molecule has 5 heteroatoms. The van der Waals surface area contributed by atoms with Gasteiger partial charge in [-0.05, 0) is 23.1 Å². The summed E-state index contributed by atoms with van der Waals surface area (Å²) in [7, 11) is 3.31. The van der Waals surface area contributed by atoms with E-state index in [4.69, 9.17) is 10.6 Å². The highest BCUT2D eigenvalue weighted by atomic mass is 16.5. The third kappa shape index (κ3) is 3.86. The Morgan fingerprint density at radius 1 is 1.42 bits per heavy atom. The van der Waals surface area contributed by atoms with Gasteiger partial charge in [0.25, 0.3) is 0 Å². The zero-order valence-electron chi connectivity index (χ0n) is 12.3. The number of nitrogens with two attached hydrogens (primary N) is 1. The van der Waals surface area contributed by atoms with Gasteiger partial charge in [0.2, 0.25) is 0 Å². The lowest BCUT2D eigenvalue weighted by atomic mass is 9.86. The van der Waals surface area contributed by atoms with E-state index in [1.807, 2.05) is 12.1 Å². The van der Waals surface area contributed by atoms with Crippen LogP contribution in [0, 0.1) is 0 Å². The van der Waals surface area contributed by atoms with E-state index >= 15 is 0 Å². The molecule has 0 saturated carbocycles. The van der Waals surface area contributed by atoms with Crippen LogP contribution in [0.5, 0.6) is 5.75 Å². The molecule has 106 valence electrons. The Morgan fingerprint density at radius 3 is 2.53 bits per heavy atom. The summed E-state index contributed by atoms with van der Waals surface area (Å²) in [5.41, 5.74) is 4.32. The summed E-state index contributed by atoms with van der Waals surface area (Å²) in [5.74, 6) is 5.89. The zero-order valence-corrected chi connectivity index (χ0v) is 12.3. The van der Waals surface area contributed by atoms with Crippen molar-refractivity contribution in [3.8, 4) is 5.75 Å². The van der Waals surface area contributed by atoms with E-state index in [9.17, 15) is 4.79 Å². The number of benzene rings is 1. The van der Waals surface area contributed by atoms with Crippen molar-refractivity contribution in [3.63, 3.8) is 0 Å². The number of carbonyl (C=O) groups is 1. The summed E-state index contributed by atoms with van der Waals surface area (Å²) in [6, 6.07) is 5.72. The average Bonchev–Trinajstić information content (AvgIpc) is 2.36. The molecule has 0 aliphatic heterocycles. The molecule has 0 fully saturated rings. The number of hydrogen-bond donors (Lipinski definition) is 2. The van der Waals surface area contributed by atoms with E-state index < -0.39 is 0 Å². The Kier molecular flexibility index (Phi) is 4.78. The summed E-state index contributed by atoms with van der Waals surface area (Å²) in [4.78, 5) is 13.0. The van der Waals surface area contributed by atoms with Crippen LogP contribution in [0.15, 0.2) is 18.2 Å². The van der Waals surface area contributed by atoms with Crippen molar-refractivity contribution in [2.45, 2.75) is 32.7 Å². The van der Waals surface area contributed by atoms with Gasteiger partial charge in [-0.1, -0.05) is 26.8 Å². The maximum absolute atomic E-state index is 11.4. The molecule has 0 unspecified atom stereocenters. The van der Waals surface area contributed by atoms with E-state index in [2.05, 4.69) is 32.3 Å². The number of ether oxygens (including phenoxy) is 1. The van der Waals surface area contributed by atoms with Gasteiger partial charge in [-0.25, -0.2) is 10.6 Å². The fraction of sp³-hybridized carbons (Fsp3) is 0.500. The van der Waals surface area contributed by atoms with Crippen LogP contribution >= 0.6 is 0 Å². The van der Waals surface area contributed by atoms with Crippen molar-refractivity contribution in [2.24, 2.45) is 5.84 Å². The van der Waals surface area contributed by atoms with Crippen molar-refractivity contribution in [1.29, 1.82) is 0 Å². The zero-order chi connectivity index (χ0) is 14.6. The van der Waals surface area contributed by atoms with Gasteiger partial charge in [0.15, 0.2) is 0 Å². The molecular weight excluding hydrogens is 242 g/mol. The van der Waals surface area contributed by atoms with E-state index in [-0.39, 0.29) is 11.4 Å². The van der Waals surface area contributed by atoms with Crippen molar-refractivity contribution in [1.82, 2.24) is 10.3 Å². The number of nitrogens with one attached hydrogen (secondary N) is 1. The molecule has 0 saturated heterocycles. The van der Waals surface area contributed by atoms with Crippen LogP contribution in [0.25, 0.3) is 0 Å². The first-order valence-corrected chi connectivity index (χ1v) is 6.18. The number of methoxy groups -OCH3 is 1. The summed E-state index contributed by atoms with van der Waals surface area (Å²) in [5, 5.41) is 0. The Hall–Kier alpha value is -1.75. The predicted molar refractivity (Wildman–Crippen MR) is 75.9 cm³/mol. The molecule has 0 atom stereocenters. The third-order valence-corrected chi connectivity index (χ3v) is 3.02. The highest BCUT2D eigenvalue weighted by Gasteiger charge is 2.17. The van der Waals surface area contributed by atoms with Gasteiger partial charge >= 0.3 is 6.03 Å². The van der Waals surface area contributed by atoms with Gasteiger partial charge < -0.3 is 9.64 Å². The monoisotopic (exact) mass is 265 g/mol. The van der Waals surface area contributed by atoms with Crippen LogP contribution in [-0.4, -0.2) is 25.1 Å². The smallest absolute Gasteiger partial charge is 0.331 e. The summed E-state index contributed by atoms with van der Waals surface area (Å²) < 4.78 is 5.34. The van der Waals surface area contributed by atoms with Gasteiger partial charge in [0, 0.05) is 12.6 Å². The first-order valence-electron chi connectivity index (χ1n) is 6.18. The van der Waals surface area contributed by atoms with Crippen molar-refractivity contribution in [2.75, 3.05) is 14.2 Å². The van der Waals surface area contributed by atoms with Crippen molar-refractivity contribution in [3.05, 3.63) is 29.3 Å². The summed E-state index contributed by atoms with van der Waals surface area (Å²) in [6.07, 6.45) is 0. The van der Waals surface area contributed by atoms with Crippen molar-refractivity contribution >= 4 is 6.03 Å². The van der Waals surface area contributed by atoms with Crippen LogP contribution in [0.3, 0.4) is 0 Å². The molecule has 0 radical (unpaired) electrons. The van der Waals surface area contributed by atoms with Crippen LogP contribution in [-0.2, 0) is 12.0 Å². The average molecular weight is 265 g/mol. The fourth-order valence-corrected chi connectivity index (χ4v) is 1.81. The lowest BCUT2D eigenvalue weighted by Gasteiger charge is -2.23. The van der Waals surface area contributed by atoms with Crippen LogP contribution in [0.1, 0.15) is 31.9 Å². The third-order valence-electron chi connectivity index (χ3n) is 3.02. The first kappa shape index (κ1) is 15.3. The van der Waals surface area contributed by atoms with Crippen LogP contribution < -0.4 is 16.0 Å². The summed E-state index contributed by atoms with van der Waals surface area (Å²) in [6.45, 7) is 6.88. The van der Waals surface area contributed by atoms with Crippen LogP contribution in [0.2, 0.25) is 0 Å². The molecule has 0 spiro atoms. The van der Waals surface area contributed by atoms with E-state index in [1.165, 1.54) is 10.5 Å². The molecule has 2 amide bonds. The maximum atomic E-state index is 11.4. The minimum Gasteiger partial charge on any atom is -0.496 e. The minimum absolute atomic E-state index is 0.0513. The lowest BCUT2D eigenvalue weighted by molar-refractivity contribution is 0.206. The van der Waals surface area contributed by atoms with Gasteiger partial charge in [-0.3, -0.25) is 5.43 Å². The first-order chi connectivity index (χ1) is 8.79. The van der Waals surface area contributed by atoms with Gasteiger partial charge in [0.05, 0.1) is 13.7 Å². The molecular formula is C14H23N3O2. The normalized spacial score (nSPS) is 11.1. The number of nitrogens with zero attached hydrogens (tertiary/aromatic N) is 1. The predicted octanol–water partition coefficient (Wildman–Crippen LogP) is 2.01. The summed E-state index contributed by atoms with van der Waals surface area (Å²) >= 11 is 0. The topological polar surface area (TPSA) is 67.6 Å². The quantitative estimate of drug-likeness (QED) is 0.499. The Labute approximate surface area is 114 Å². The van der Waals surface area contributed by atoms with E-state index in [1.54, 1.807) is 14.2 Å². The van der Waals surface area contributed by atoms with Crippen molar-refractivity contribution < 1.29 is 9.53 Å². The molecule has 0 aliphatic rings.